The number of fused-ring (bicyclic) bond motifs is 3. The molecule has 4 atom stereocenters. The second-order valence-corrected chi connectivity index (χ2v) is 15.9. The molecule has 4 heterocycles. The van der Waals surface area contributed by atoms with E-state index in [0.717, 1.165) is 36.1 Å². The van der Waals surface area contributed by atoms with Crippen LogP contribution in [0.15, 0.2) is 48.0 Å². The number of carbonyl (C=O) groups is 3. The van der Waals surface area contributed by atoms with Crippen molar-refractivity contribution in [2.75, 3.05) is 13.7 Å². The van der Waals surface area contributed by atoms with Gasteiger partial charge in [0.1, 0.15) is 39.9 Å². The molecule has 48 heavy (non-hydrogen) atoms. The van der Waals surface area contributed by atoms with Gasteiger partial charge >= 0.3 is 0 Å². The lowest BCUT2D eigenvalue weighted by Crippen LogP contribution is -2.56. The highest BCUT2D eigenvalue weighted by atomic mass is 32.2. The van der Waals surface area contributed by atoms with Gasteiger partial charge in [-0.15, -0.1) is 11.3 Å². The predicted molar refractivity (Wildman–Crippen MR) is 180 cm³/mol. The van der Waals surface area contributed by atoms with Crippen molar-refractivity contribution in [3.8, 4) is 22.2 Å². The highest BCUT2D eigenvalue weighted by molar-refractivity contribution is 7.91. The van der Waals surface area contributed by atoms with E-state index in [9.17, 15) is 22.8 Å². The second-order valence-electron chi connectivity index (χ2n) is 13.1. The zero-order valence-electron chi connectivity index (χ0n) is 26.7. The molecule has 7 rings (SSSR count). The lowest BCUT2D eigenvalue weighted by Gasteiger charge is -2.26. The number of rotatable bonds is 7. The molecule has 0 bridgehead atoms. The molecule has 3 aromatic rings. The molecule has 14 heteroatoms. The molecule has 3 fully saturated rings. The van der Waals surface area contributed by atoms with Crippen molar-refractivity contribution in [2.45, 2.75) is 87.1 Å². The molecule has 2 N–H and O–H groups in total. The Morgan fingerprint density at radius 3 is 2.75 bits per heavy atom. The number of benzene rings is 1. The van der Waals surface area contributed by atoms with Crippen molar-refractivity contribution in [3.05, 3.63) is 48.0 Å². The smallest absolute Gasteiger partial charge is 0.259 e. The Hall–Kier alpha value is -4.04. The first kappa shape index (κ1) is 32.5. The Balaban J connectivity index is 1.17. The lowest BCUT2D eigenvalue weighted by atomic mass is 10.1. The zero-order chi connectivity index (χ0) is 33.5. The van der Waals surface area contributed by atoms with Crippen LogP contribution in [0.2, 0.25) is 0 Å². The number of aromatic nitrogens is 2. The van der Waals surface area contributed by atoms with Gasteiger partial charge in [0.2, 0.25) is 21.8 Å². The molecule has 4 unspecified atom stereocenters. The number of hydrogen-bond donors (Lipinski definition) is 2. The average molecular weight is 694 g/mol. The highest BCUT2D eigenvalue weighted by Crippen LogP contribution is 2.46. The Morgan fingerprint density at radius 1 is 1.15 bits per heavy atom. The largest absolute Gasteiger partial charge is 0.497 e. The van der Waals surface area contributed by atoms with E-state index in [2.05, 4.69) is 15.0 Å². The maximum absolute atomic E-state index is 14.1. The van der Waals surface area contributed by atoms with E-state index >= 15 is 0 Å². The fourth-order valence-electron chi connectivity index (χ4n) is 6.71. The third-order valence-corrected chi connectivity index (χ3v) is 12.3. The first-order valence-corrected chi connectivity index (χ1v) is 19.0. The number of amides is 3. The summed E-state index contributed by atoms with van der Waals surface area (Å²) in [6, 6.07) is 6.45. The summed E-state index contributed by atoms with van der Waals surface area (Å²) < 4.78 is 39.7. The summed E-state index contributed by atoms with van der Waals surface area (Å²) >= 11 is 1.45. The third-order valence-electron chi connectivity index (χ3n) is 9.65. The number of nitrogens with zero attached hydrogens (tertiary/aromatic N) is 3. The fraction of sp³-hybridized carbons (Fsp3) is 0.500. The summed E-state index contributed by atoms with van der Waals surface area (Å²) in [5, 5.41) is 5.68. The number of methoxy groups -OCH3 is 1. The van der Waals surface area contributed by atoms with Crippen LogP contribution in [0.5, 0.6) is 11.5 Å². The number of nitrogens with one attached hydrogen (secondary N) is 2. The van der Waals surface area contributed by atoms with Crippen LogP contribution in [0, 0.1) is 5.92 Å². The number of thiazole rings is 1. The summed E-state index contributed by atoms with van der Waals surface area (Å²) in [7, 11) is -2.23. The predicted octanol–water partition coefficient (Wildman–Crippen LogP) is 4.11. The minimum Gasteiger partial charge on any atom is -0.497 e. The first-order chi connectivity index (χ1) is 23.2. The van der Waals surface area contributed by atoms with Crippen LogP contribution < -0.4 is 19.5 Å². The van der Waals surface area contributed by atoms with Crippen LogP contribution >= 0.6 is 11.3 Å². The van der Waals surface area contributed by atoms with Crippen LogP contribution in [-0.2, 0) is 24.4 Å². The number of carbonyl (C=O) groups excluding carboxylic acids is 3. The average Bonchev–Trinajstić information content (AvgIpc) is 3.93. The van der Waals surface area contributed by atoms with Gasteiger partial charge in [0.05, 0.1) is 24.4 Å². The van der Waals surface area contributed by atoms with Crippen LogP contribution in [0.1, 0.15) is 64.2 Å². The third kappa shape index (κ3) is 6.64. The van der Waals surface area contributed by atoms with Crippen LogP contribution in [0.3, 0.4) is 0 Å². The second kappa shape index (κ2) is 13.1. The highest BCUT2D eigenvalue weighted by Gasteiger charge is 2.62. The van der Waals surface area contributed by atoms with Gasteiger partial charge in [-0.25, -0.2) is 18.4 Å². The van der Waals surface area contributed by atoms with Crippen molar-refractivity contribution in [3.63, 3.8) is 0 Å². The Morgan fingerprint density at radius 2 is 1.98 bits per heavy atom. The Kier molecular flexibility index (Phi) is 8.88. The van der Waals surface area contributed by atoms with Crippen molar-refractivity contribution >= 4 is 50.0 Å². The molecule has 2 aromatic heterocycles. The molecular formula is C34H39N5O7S2. The molecule has 3 amide bonds. The van der Waals surface area contributed by atoms with Gasteiger partial charge in [0, 0.05) is 47.9 Å². The number of ether oxygens (including phenoxy) is 2. The molecule has 2 aliphatic heterocycles. The summed E-state index contributed by atoms with van der Waals surface area (Å²) in [5.74, 6) is -0.526. The quantitative estimate of drug-likeness (QED) is 0.348. The lowest BCUT2D eigenvalue weighted by molar-refractivity contribution is -0.139. The van der Waals surface area contributed by atoms with Crippen molar-refractivity contribution in [2.24, 2.45) is 5.92 Å². The van der Waals surface area contributed by atoms with E-state index in [-0.39, 0.29) is 31.2 Å². The Labute approximate surface area is 283 Å². The SMILES string of the molecule is COc1ccc2c(OC3CC4C(=O)NC5(C(=O)NS(=O)(=O)C6CC6)CC5/C=C\CCCCCCC(=O)N4C3)cc(-c3nccs3)nc2c1. The molecule has 1 saturated heterocycles. The molecule has 2 aliphatic carbocycles. The zero-order valence-corrected chi connectivity index (χ0v) is 28.4. The number of pyridine rings is 1. The Bertz CT molecular complexity index is 1860. The van der Waals surface area contributed by atoms with Crippen molar-refractivity contribution in [1.82, 2.24) is 24.9 Å². The van der Waals surface area contributed by atoms with Crippen LogP contribution in [0.25, 0.3) is 21.6 Å². The van der Waals surface area contributed by atoms with E-state index in [0.29, 0.717) is 48.4 Å². The van der Waals surface area contributed by atoms with Gasteiger partial charge < -0.3 is 19.7 Å². The van der Waals surface area contributed by atoms with E-state index in [1.165, 1.54) is 11.3 Å². The van der Waals surface area contributed by atoms with Gasteiger partial charge in [-0.1, -0.05) is 25.0 Å². The molecule has 0 spiro atoms. The summed E-state index contributed by atoms with van der Waals surface area (Å²) in [6.07, 6.45) is 11.2. The maximum Gasteiger partial charge on any atom is 0.259 e. The normalized spacial score (nSPS) is 27.2. The standard InChI is InChI=1S/C34H39N5O7S2/c1-45-22-10-13-25-26(16-22)36-27(32-35-14-15-47-32)18-29(25)46-23-17-28-31(41)37-34(33(42)38-48(43,44)24-11-12-24)19-21(34)8-6-4-2-3-5-7-9-30(40)39(28)20-23/h6,8,10,13-16,18,21,23-24,28H,2-5,7,9,11-12,17,19-20H2,1H3,(H,37,41)(H,38,42)/b8-6-. The molecule has 1 aromatic carbocycles. The molecule has 0 radical (unpaired) electrons. The maximum atomic E-state index is 14.1. The number of allylic oxidation sites excluding steroid dienone is 1. The van der Waals surface area contributed by atoms with Crippen molar-refractivity contribution < 1.29 is 32.3 Å². The van der Waals surface area contributed by atoms with E-state index in [1.807, 2.05) is 41.8 Å². The molecular weight excluding hydrogens is 655 g/mol. The van der Waals surface area contributed by atoms with Crippen molar-refractivity contribution in [1.29, 1.82) is 0 Å². The van der Waals surface area contributed by atoms with E-state index < -0.39 is 44.8 Å². The molecule has 254 valence electrons. The van der Waals surface area contributed by atoms with Crippen LogP contribution in [-0.4, -0.2) is 77.6 Å². The summed E-state index contributed by atoms with van der Waals surface area (Å²) in [5.41, 5.74) is -0.114. The molecule has 2 saturated carbocycles. The molecule has 4 aliphatic rings. The van der Waals surface area contributed by atoms with Gasteiger partial charge in [0.25, 0.3) is 5.91 Å². The number of sulfonamides is 1. The minimum absolute atomic E-state index is 0.149. The summed E-state index contributed by atoms with van der Waals surface area (Å²) in [6.45, 7) is 0.183. The van der Waals surface area contributed by atoms with Gasteiger partial charge in [-0.3, -0.25) is 19.1 Å². The van der Waals surface area contributed by atoms with E-state index in [1.54, 1.807) is 18.2 Å². The van der Waals surface area contributed by atoms with Gasteiger partial charge in [-0.05, 0) is 50.7 Å². The summed E-state index contributed by atoms with van der Waals surface area (Å²) in [4.78, 5) is 52.0. The fourth-order valence-corrected chi connectivity index (χ4v) is 8.67. The topological polar surface area (TPSA) is 157 Å². The first-order valence-electron chi connectivity index (χ1n) is 16.6. The molecule has 12 nitrogen and oxygen atoms in total. The monoisotopic (exact) mass is 693 g/mol. The minimum atomic E-state index is -3.82. The van der Waals surface area contributed by atoms with Crippen LogP contribution in [0.4, 0.5) is 0 Å². The van der Waals surface area contributed by atoms with E-state index in [4.69, 9.17) is 14.5 Å². The number of hydrogen-bond acceptors (Lipinski definition) is 10. The van der Waals surface area contributed by atoms with Gasteiger partial charge in [0.15, 0.2) is 0 Å². The van der Waals surface area contributed by atoms with Gasteiger partial charge in [-0.2, -0.15) is 0 Å².